The highest BCUT2D eigenvalue weighted by Crippen LogP contribution is 2.37. The lowest BCUT2D eigenvalue weighted by molar-refractivity contribution is 0.448. The number of rotatable bonds is 0. The molecule has 3 heteroatoms. The monoisotopic (exact) mass is 136 g/mol. The minimum absolute atomic E-state index is 0.750. The molecule has 10 heavy (non-hydrogen) atoms. The van der Waals surface area contributed by atoms with Crippen LogP contribution in [-0.4, -0.2) is 17.7 Å². The van der Waals surface area contributed by atoms with Crippen molar-refractivity contribution in [1.29, 1.82) is 0 Å². The zero-order valence-corrected chi connectivity index (χ0v) is 5.83. The second-order valence-electron chi connectivity index (χ2n) is 2.17. The average Bonchev–Trinajstić information content (AvgIpc) is 2.57. The fourth-order valence-electron chi connectivity index (χ4n) is 0.903. The zero-order valence-electron chi connectivity index (χ0n) is 5.83. The van der Waals surface area contributed by atoms with E-state index in [2.05, 4.69) is 25.1 Å². The maximum Gasteiger partial charge on any atom is 0.432 e. The standard InChI is InChI=1S/C7H6.BH3O2/c1-5-2-3-6-4-7(5)6;2-1-3/h2-4H,1H3;1-3H. The summed E-state index contributed by atoms with van der Waals surface area (Å²) in [5.41, 5.74) is 4.34. The topological polar surface area (TPSA) is 40.5 Å². The molecule has 0 aromatic rings. The Kier molecular flexibility index (Phi) is 2.09. The predicted molar refractivity (Wildman–Crippen MR) is 41.8 cm³/mol. The highest BCUT2D eigenvalue weighted by atomic mass is 16.4. The van der Waals surface area contributed by atoms with Gasteiger partial charge in [-0.3, -0.25) is 0 Å². The molecule has 52 valence electrons. The number of fused-ring (bicyclic) bond motifs is 1. The van der Waals surface area contributed by atoms with Gasteiger partial charge in [0.1, 0.15) is 0 Å². The molecule has 0 saturated heterocycles. The first-order chi connectivity index (χ1) is 4.79. The van der Waals surface area contributed by atoms with E-state index in [9.17, 15) is 0 Å². The smallest absolute Gasteiger partial charge is 0.430 e. The molecule has 0 aromatic heterocycles. The maximum atomic E-state index is 7.12. The van der Waals surface area contributed by atoms with Crippen LogP contribution in [-0.2, 0) is 0 Å². The van der Waals surface area contributed by atoms with Crippen LogP contribution in [0.1, 0.15) is 5.56 Å². The quantitative estimate of drug-likeness (QED) is 0.508. The van der Waals surface area contributed by atoms with Crippen LogP contribution in [0.3, 0.4) is 0 Å². The van der Waals surface area contributed by atoms with Crippen LogP contribution in [0.2, 0.25) is 0 Å². The second kappa shape index (κ2) is 2.86. The molecule has 0 heterocycles. The predicted octanol–water partition coefficient (Wildman–Crippen LogP) is 0.213. The molecule has 0 aromatic carbocycles. The van der Waals surface area contributed by atoms with Crippen LogP contribution in [0.15, 0.2) is 18.2 Å². The Morgan fingerprint density at radius 1 is 1.30 bits per heavy atom. The third-order valence-corrected chi connectivity index (χ3v) is 1.47. The summed E-state index contributed by atoms with van der Waals surface area (Å²) >= 11 is 0. The summed E-state index contributed by atoms with van der Waals surface area (Å²) in [4.78, 5) is 0. The molecule has 2 aliphatic carbocycles. The Morgan fingerprint density at radius 3 is 2.00 bits per heavy atom. The van der Waals surface area contributed by atoms with Gasteiger partial charge in [-0.05, 0) is 29.7 Å². The van der Waals surface area contributed by atoms with E-state index < -0.39 is 7.69 Å². The molecule has 2 nitrogen and oxygen atoms in total. The Labute approximate surface area is 60.4 Å². The molecule has 0 atom stereocenters. The minimum Gasteiger partial charge on any atom is -0.430 e. The van der Waals surface area contributed by atoms with Crippen molar-refractivity contribution in [2.24, 2.45) is 0 Å². The molecule has 2 aliphatic rings. The van der Waals surface area contributed by atoms with Crippen LogP contribution in [0.5, 0.6) is 0 Å². The van der Waals surface area contributed by atoms with E-state index in [0.29, 0.717) is 0 Å². The Hall–Kier alpha value is -0.795. The lowest BCUT2D eigenvalue weighted by Crippen LogP contribution is -1.75. The van der Waals surface area contributed by atoms with Gasteiger partial charge in [-0.2, -0.15) is 0 Å². The van der Waals surface area contributed by atoms with Crippen molar-refractivity contribution in [2.45, 2.75) is 6.92 Å². The summed E-state index contributed by atoms with van der Waals surface area (Å²) < 4.78 is 0. The highest BCUT2D eigenvalue weighted by Gasteiger charge is 2.12. The molecule has 2 rings (SSSR count). The van der Waals surface area contributed by atoms with Crippen molar-refractivity contribution in [2.75, 3.05) is 0 Å². The summed E-state index contributed by atoms with van der Waals surface area (Å²) in [6, 6.07) is 6.52. The summed E-state index contributed by atoms with van der Waals surface area (Å²) in [5.74, 6) is 0. The average molecular weight is 136 g/mol. The number of hydrogen-bond acceptors (Lipinski definition) is 2. The van der Waals surface area contributed by atoms with Gasteiger partial charge in [0.25, 0.3) is 0 Å². The molecule has 0 saturated carbocycles. The zero-order chi connectivity index (χ0) is 7.56. The summed E-state index contributed by atoms with van der Waals surface area (Å²) in [6.45, 7) is 2.14. The molecule has 0 unspecified atom stereocenters. The molecule has 0 fully saturated rings. The van der Waals surface area contributed by atoms with Crippen LogP contribution >= 0.6 is 0 Å². The van der Waals surface area contributed by atoms with Crippen molar-refractivity contribution in [3.05, 3.63) is 23.8 Å². The van der Waals surface area contributed by atoms with E-state index in [1.54, 1.807) is 0 Å². The van der Waals surface area contributed by atoms with E-state index in [1.165, 1.54) is 16.7 Å². The SMILES string of the molecule is Cc1ccc2cc1-2.OBO. The van der Waals surface area contributed by atoms with Gasteiger partial charge in [0, 0.05) is 0 Å². The van der Waals surface area contributed by atoms with Crippen LogP contribution < -0.4 is 0 Å². The molecule has 0 aliphatic heterocycles. The van der Waals surface area contributed by atoms with Crippen molar-refractivity contribution in [3.8, 4) is 11.1 Å². The lowest BCUT2D eigenvalue weighted by Gasteiger charge is -1.71. The van der Waals surface area contributed by atoms with Gasteiger partial charge in [-0.1, -0.05) is 12.1 Å². The summed E-state index contributed by atoms with van der Waals surface area (Å²) in [6.07, 6.45) is 0. The van der Waals surface area contributed by atoms with Crippen LogP contribution in [0.4, 0.5) is 0 Å². The van der Waals surface area contributed by atoms with Crippen LogP contribution in [0.25, 0.3) is 11.1 Å². The Morgan fingerprint density at radius 2 is 1.90 bits per heavy atom. The van der Waals surface area contributed by atoms with Crippen molar-refractivity contribution in [3.63, 3.8) is 0 Å². The van der Waals surface area contributed by atoms with Gasteiger partial charge in [0.05, 0.1) is 0 Å². The Balaban J connectivity index is 0.000000148. The van der Waals surface area contributed by atoms with Crippen LogP contribution in [0, 0.1) is 6.92 Å². The molecular weight excluding hydrogens is 127 g/mol. The van der Waals surface area contributed by atoms with Gasteiger partial charge >= 0.3 is 7.69 Å². The molecule has 0 spiro atoms. The maximum absolute atomic E-state index is 7.12. The number of aryl methyl sites for hydroxylation is 1. The van der Waals surface area contributed by atoms with Crippen molar-refractivity contribution in [1.82, 2.24) is 0 Å². The van der Waals surface area contributed by atoms with Gasteiger partial charge in [0.15, 0.2) is 0 Å². The first-order valence-electron chi connectivity index (χ1n) is 3.12. The van der Waals surface area contributed by atoms with Gasteiger partial charge < -0.3 is 10.0 Å². The second-order valence-corrected chi connectivity index (χ2v) is 2.17. The van der Waals surface area contributed by atoms with E-state index in [4.69, 9.17) is 10.0 Å². The first kappa shape index (κ1) is 7.31. The van der Waals surface area contributed by atoms with Gasteiger partial charge in [0.2, 0.25) is 0 Å². The molecule has 0 radical (unpaired) electrons. The molecular formula is C7H9BO2. The summed E-state index contributed by atoms with van der Waals surface area (Å²) in [5, 5.41) is 14.2. The first-order valence-corrected chi connectivity index (χ1v) is 3.12. The van der Waals surface area contributed by atoms with Gasteiger partial charge in [-0.15, -0.1) is 0 Å². The minimum atomic E-state index is -0.750. The van der Waals surface area contributed by atoms with E-state index in [0.717, 1.165) is 0 Å². The fraction of sp³-hybridized carbons (Fsp3) is 0.143. The van der Waals surface area contributed by atoms with E-state index >= 15 is 0 Å². The van der Waals surface area contributed by atoms with E-state index in [1.807, 2.05) is 0 Å². The summed E-state index contributed by atoms with van der Waals surface area (Å²) in [7, 11) is -0.750. The third-order valence-electron chi connectivity index (χ3n) is 1.47. The fourth-order valence-corrected chi connectivity index (χ4v) is 0.903. The molecule has 2 N–H and O–H groups in total. The van der Waals surface area contributed by atoms with Gasteiger partial charge in [-0.25, -0.2) is 0 Å². The van der Waals surface area contributed by atoms with E-state index in [-0.39, 0.29) is 0 Å². The van der Waals surface area contributed by atoms with Crippen molar-refractivity contribution >= 4 is 7.69 Å². The third kappa shape index (κ3) is 1.37. The normalized spacial score (nSPS) is 9.50. The molecule has 0 bridgehead atoms. The lowest BCUT2D eigenvalue weighted by atomic mass is 10.3. The Bertz CT molecular complexity index is 235. The number of benzene rings is 1. The number of hydrogen-bond donors (Lipinski definition) is 2. The largest absolute Gasteiger partial charge is 0.432 e. The molecule has 0 amide bonds. The highest BCUT2D eigenvalue weighted by molar-refractivity contribution is 6.13. The van der Waals surface area contributed by atoms with Crippen molar-refractivity contribution < 1.29 is 10.0 Å².